The van der Waals surface area contributed by atoms with E-state index in [4.69, 9.17) is 10.5 Å². The largest absolute Gasteiger partial charge is 0.397 e. The SMILES string of the molecule is Nc1c[nH]c(C(=O)NCC2(O)CCOCC2)c1. The highest BCUT2D eigenvalue weighted by Crippen LogP contribution is 2.19. The number of hydrogen-bond acceptors (Lipinski definition) is 4. The lowest BCUT2D eigenvalue weighted by Crippen LogP contribution is -2.46. The van der Waals surface area contributed by atoms with E-state index >= 15 is 0 Å². The Kier molecular flexibility index (Phi) is 3.35. The molecular weight excluding hydrogens is 222 g/mol. The second-order valence-corrected chi connectivity index (χ2v) is 4.37. The van der Waals surface area contributed by atoms with Crippen LogP contribution in [-0.2, 0) is 4.74 Å². The summed E-state index contributed by atoms with van der Waals surface area (Å²) in [5.74, 6) is -0.262. The highest BCUT2D eigenvalue weighted by atomic mass is 16.5. The van der Waals surface area contributed by atoms with Gasteiger partial charge in [-0.25, -0.2) is 0 Å². The van der Waals surface area contributed by atoms with E-state index in [0.29, 0.717) is 37.4 Å². The number of carbonyl (C=O) groups excluding carboxylic acids is 1. The summed E-state index contributed by atoms with van der Waals surface area (Å²) in [7, 11) is 0. The van der Waals surface area contributed by atoms with Crippen LogP contribution in [0.25, 0.3) is 0 Å². The predicted octanol–water partition coefficient (Wildman–Crippen LogP) is -0.132. The van der Waals surface area contributed by atoms with Crippen molar-refractivity contribution in [2.24, 2.45) is 0 Å². The minimum Gasteiger partial charge on any atom is -0.397 e. The molecule has 1 aliphatic heterocycles. The summed E-state index contributed by atoms with van der Waals surface area (Å²) < 4.78 is 5.16. The fourth-order valence-electron chi connectivity index (χ4n) is 1.81. The molecule has 1 amide bonds. The van der Waals surface area contributed by atoms with Gasteiger partial charge in [-0.05, 0) is 6.07 Å². The zero-order valence-corrected chi connectivity index (χ0v) is 9.53. The number of aromatic amines is 1. The molecule has 0 aromatic carbocycles. The van der Waals surface area contributed by atoms with E-state index in [1.54, 1.807) is 12.3 Å². The molecule has 0 atom stereocenters. The lowest BCUT2D eigenvalue weighted by molar-refractivity contribution is -0.0605. The molecule has 6 nitrogen and oxygen atoms in total. The van der Waals surface area contributed by atoms with E-state index in [1.807, 2.05) is 0 Å². The van der Waals surface area contributed by atoms with Gasteiger partial charge >= 0.3 is 0 Å². The van der Waals surface area contributed by atoms with Gasteiger partial charge in [-0.1, -0.05) is 0 Å². The molecule has 1 aromatic heterocycles. The van der Waals surface area contributed by atoms with E-state index in [2.05, 4.69) is 10.3 Å². The summed E-state index contributed by atoms with van der Waals surface area (Å²) >= 11 is 0. The molecule has 5 N–H and O–H groups in total. The van der Waals surface area contributed by atoms with Gasteiger partial charge < -0.3 is 25.9 Å². The van der Waals surface area contributed by atoms with Crippen LogP contribution in [0.1, 0.15) is 23.3 Å². The number of hydrogen-bond donors (Lipinski definition) is 4. The Balaban J connectivity index is 1.87. The average molecular weight is 239 g/mol. The molecule has 0 radical (unpaired) electrons. The van der Waals surface area contributed by atoms with Gasteiger partial charge in [0.1, 0.15) is 5.69 Å². The quantitative estimate of drug-likeness (QED) is 0.590. The third kappa shape index (κ3) is 2.98. The lowest BCUT2D eigenvalue weighted by Gasteiger charge is -2.31. The molecule has 0 spiro atoms. The topological polar surface area (TPSA) is 100 Å². The van der Waals surface area contributed by atoms with Gasteiger partial charge in [0, 0.05) is 44.5 Å². The van der Waals surface area contributed by atoms with Gasteiger partial charge in [0.2, 0.25) is 0 Å². The second-order valence-electron chi connectivity index (χ2n) is 4.37. The number of carbonyl (C=O) groups is 1. The molecule has 1 fully saturated rings. The van der Waals surface area contributed by atoms with Crippen LogP contribution < -0.4 is 11.1 Å². The first kappa shape index (κ1) is 11.9. The molecule has 94 valence electrons. The zero-order chi connectivity index (χ0) is 12.3. The summed E-state index contributed by atoms with van der Waals surface area (Å²) in [6, 6.07) is 1.56. The molecule has 2 rings (SSSR count). The second kappa shape index (κ2) is 4.77. The van der Waals surface area contributed by atoms with Gasteiger partial charge in [-0.2, -0.15) is 0 Å². The van der Waals surface area contributed by atoms with Crippen LogP contribution in [0.15, 0.2) is 12.3 Å². The van der Waals surface area contributed by atoms with Crippen LogP contribution in [0.3, 0.4) is 0 Å². The van der Waals surface area contributed by atoms with Crippen molar-refractivity contribution >= 4 is 11.6 Å². The summed E-state index contributed by atoms with van der Waals surface area (Å²) in [6.07, 6.45) is 2.64. The standard InChI is InChI=1S/C11H17N3O3/c12-8-5-9(13-6-8)10(15)14-7-11(16)1-3-17-4-2-11/h5-6,13,16H,1-4,7,12H2,(H,14,15). The van der Waals surface area contributed by atoms with Crippen molar-refractivity contribution in [3.63, 3.8) is 0 Å². The molecule has 2 heterocycles. The van der Waals surface area contributed by atoms with Crippen molar-refractivity contribution in [3.05, 3.63) is 18.0 Å². The van der Waals surface area contributed by atoms with Crippen LogP contribution in [0.2, 0.25) is 0 Å². The minimum atomic E-state index is -0.855. The smallest absolute Gasteiger partial charge is 0.267 e. The fourth-order valence-corrected chi connectivity index (χ4v) is 1.81. The Hall–Kier alpha value is -1.53. The van der Waals surface area contributed by atoms with Gasteiger partial charge in [0.15, 0.2) is 0 Å². The number of amides is 1. The van der Waals surface area contributed by atoms with Crippen molar-refractivity contribution in [2.45, 2.75) is 18.4 Å². The third-order valence-corrected chi connectivity index (χ3v) is 2.95. The maximum Gasteiger partial charge on any atom is 0.267 e. The first-order chi connectivity index (χ1) is 8.09. The lowest BCUT2D eigenvalue weighted by atomic mass is 9.94. The predicted molar refractivity (Wildman–Crippen MR) is 62.5 cm³/mol. The number of nitrogens with one attached hydrogen (secondary N) is 2. The van der Waals surface area contributed by atoms with Crippen LogP contribution in [0, 0.1) is 0 Å². The molecule has 1 aliphatic rings. The minimum absolute atomic E-state index is 0.230. The first-order valence-electron chi connectivity index (χ1n) is 5.61. The monoisotopic (exact) mass is 239 g/mol. The highest BCUT2D eigenvalue weighted by molar-refractivity contribution is 5.93. The number of anilines is 1. The normalized spacial score (nSPS) is 18.9. The van der Waals surface area contributed by atoms with Gasteiger partial charge in [-0.3, -0.25) is 4.79 Å². The summed E-state index contributed by atoms with van der Waals surface area (Å²) in [4.78, 5) is 14.5. The Morgan fingerprint density at radius 3 is 2.88 bits per heavy atom. The van der Waals surface area contributed by atoms with Crippen LogP contribution in [0.4, 0.5) is 5.69 Å². The third-order valence-electron chi connectivity index (χ3n) is 2.95. The summed E-state index contributed by atoms with van der Waals surface area (Å²) in [6.45, 7) is 1.29. The Morgan fingerprint density at radius 2 is 2.29 bits per heavy atom. The van der Waals surface area contributed by atoms with Crippen molar-refractivity contribution in [3.8, 4) is 0 Å². The van der Waals surface area contributed by atoms with E-state index < -0.39 is 5.60 Å². The Morgan fingerprint density at radius 1 is 1.59 bits per heavy atom. The number of aliphatic hydroxyl groups is 1. The number of nitrogens with two attached hydrogens (primary N) is 1. The molecule has 17 heavy (non-hydrogen) atoms. The van der Waals surface area contributed by atoms with Crippen LogP contribution >= 0.6 is 0 Å². The van der Waals surface area contributed by atoms with Crippen LogP contribution in [-0.4, -0.2) is 41.4 Å². The van der Waals surface area contributed by atoms with E-state index in [1.165, 1.54) is 0 Å². The molecule has 1 saturated heterocycles. The van der Waals surface area contributed by atoms with Crippen molar-refractivity contribution in [2.75, 3.05) is 25.5 Å². The Bertz CT molecular complexity index is 396. The van der Waals surface area contributed by atoms with Gasteiger partial charge in [0.05, 0.1) is 5.60 Å². The van der Waals surface area contributed by atoms with E-state index in [9.17, 15) is 9.90 Å². The molecule has 0 bridgehead atoms. The molecule has 0 saturated carbocycles. The number of rotatable bonds is 3. The highest BCUT2D eigenvalue weighted by Gasteiger charge is 2.30. The maximum atomic E-state index is 11.7. The Labute approximate surface area is 99.1 Å². The average Bonchev–Trinajstić information content (AvgIpc) is 2.74. The fraction of sp³-hybridized carbons (Fsp3) is 0.545. The van der Waals surface area contributed by atoms with E-state index in [0.717, 1.165) is 0 Å². The molecule has 1 aromatic rings. The zero-order valence-electron chi connectivity index (χ0n) is 9.53. The first-order valence-corrected chi connectivity index (χ1v) is 5.61. The molecule has 6 heteroatoms. The number of H-pyrrole nitrogens is 1. The number of ether oxygens (including phenoxy) is 1. The summed E-state index contributed by atoms with van der Waals surface area (Å²) in [5.41, 5.74) is 5.56. The molecular formula is C11H17N3O3. The number of nitrogen functional groups attached to an aromatic ring is 1. The molecule has 0 unspecified atom stereocenters. The van der Waals surface area contributed by atoms with Crippen LogP contribution in [0.5, 0.6) is 0 Å². The van der Waals surface area contributed by atoms with Gasteiger partial charge in [-0.15, -0.1) is 0 Å². The van der Waals surface area contributed by atoms with Gasteiger partial charge in [0.25, 0.3) is 5.91 Å². The van der Waals surface area contributed by atoms with Crippen molar-refractivity contribution in [1.29, 1.82) is 0 Å². The van der Waals surface area contributed by atoms with Crippen molar-refractivity contribution in [1.82, 2.24) is 10.3 Å². The van der Waals surface area contributed by atoms with Crippen molar-refractivity contribution < 1.29 is 14.6 Å². The number of aromatic nitrogens is 1. The molecule has 0 aliphatic carbocycles. The maximum absolute atomic E-state index is 11.7. The van der Waals surface area contributed by atoms with E-state index in [-0.39, 0.29) is 12.5 Å². The summed E-state index contributed by atoms with van der Waals surface area (Å²) in [5, 5.41) is 12.8.